The molecule has 0 aliphatic carbocycles. The number of rotatable bonds is 11. The zero-order valence-electron chi connectivity index (χ0n) is 17.8. The normalized spacial score (nSPS) is 12.2. The molecule has 6 heteroatoms. The molecule has 1 heterocycles. The molecule has 2 aromatic rings. The van der Waals surface area contributed by atoms with Crippen LogP contribution in [0, 0.1) is 0 Å². The highest BCUT2D eigenvalue weighted by molar-refractivity contribution is 5.91. The largest absolute Gasteiger partial charge is 0.494 e. The third-order valence-corrected chi connectivity index (χ3v) is 4.99. The maximum atomic E-state index is 12.5. The second-order valence-corrected chi connectivity index (χ2v) is 6.84. The van der Waals surface area contributed by atoms with Gasteiger partial charge in [0.2, 0.25) is 5.89 Å². The Hall–Kier alpha value is -2.34. The minimum Gasteiger partial charge on any atom is -0.494 e. The van der Waals surface area contributed by atoms with Gasteiger partial charge >= 0.3 is 0 Å². The molecule has 154 valence electrons. The third-order valence-electron chi connectivity index (χ3n) is 4.99. The highest BCUT2D eigenvalue weighted by Gasteiger charge is 2.20. The van der Waals surface area contributed by atoms with Crippen molar-refractivity contribution in [1.82, 2.24) is 14.8 Å². The van der Waals surface area contributed by atoms with Crippen LogP contribution in [0.1, 0.15) is 63.0 Å². The van der Waals surface area contributed by atoms with Crippen LogP contribution in [0.5, 0.6) is 5.75 Å². The van der Waals surface area contributed by atoms with Gasteiger partial charge in [0.25, 0.3) is 5.91 Å². The van der Waals surface area contributed by atoms with E-state index in [1.807, 2.05) is 32.9 Å². The highest BCUT2D eigenvalue weighted by atomic mass is 16.5. The zero-order chi connectivity index (χ0) is 20.5. The van der Waals surface area contributed by atoms with Crippen molar-refractivity contribution >= 4 is 5.91 Å². The van der Waals surface area contributed by atoms with E-state index in [4.69, 9.17) is 9.15 Å². The summed E-state index contributed by atoms with van der Waals surface area (Å²) in [5, 5.41) is 0. The van der Waals surface area contributed by atoms with Crippen LogP contribution in [0.15, 0.2) is 34.9 Å². The Morgan fingerprint density at radius 3 is 2.36 bits per heavy atom. The Morgan fingerprint density at radius 2 is 1.79 bits per heavy atom. The molecule has 0 saturated carbocycles. The van der Waals surface area contributed by atoms with Crippen molar-refractivity contribution in [2.75, 3.05) is 19.7 Å². The summed E-state index contributed by atoms with van der Waals surface area (Å²) in [5.41, 5.74) is 1.58. The molecule has 0 spiro atoms. The van der Waals surface area contributed by atoms with Crippen LogP contribution in [0.2, 0.25) is 0 Å². The minimum atomic E-state index is -0.0818. The molecule has 0 N–H and O–H groups in total. The summed E-state index contributed by atoms with van der Waals surface area (Å²) >= 11 is 0. The molecule has 1 aromatic carbocycles. The van der Waals surface area contributed by atoms with E-state index >= 15 is 0 Å². The summed E-state index contributed by atoms with van der Waals surface area (Å²) in [4.78, 5) is 21.0. The van der Waals surface area contributed by atoms with E-state index in [0.717, 1.165) is 18.7 Å². The maximum absolute atomic E-state index is 12.5. The fourth-order valence-electron chi connectivity index (χ4n) is 3.05. The maximum Gasteiger partial charge on any atom is 0.275 e. The molecule has 0 aliphatic rings. The van der Waals surface area contributed by atoms with E-state index in [2.05, 4.69) is 35.9 Å². The van der Waals surface area contributed by atoms with Crippen molar-refractivity contribution in [1.29, 1.82) is 0 Å². The number of oxazole rings is 1. The lowest BCUT2D eigenvalue weighted by Crippen LogP contribution is -2.32. The predicted molar refractivity (Wildman–Crippen MR) is 110 cm³/mol. The lowest BCUT2D eigenvalue weighted by atomic mass is 10.1. The van der Waals surface area contributed by atoms with Gasteiger partial charge in [0, 0.05) is 25.7 Å². The van der Waals surface area contributed by atoms with Crippen molar-refractivity contribution in [2.24, 2.45) is 0 Å². The van der Waals surface area contributed by atoms with Gasteiger partial charge < -0.3 is 14.1 Å². The van der Waals surface area contributed by atoms with Crippen LogP contribution in [0.25, 0.3) is 0 Å². The third kappa shape index (κ3) is 5.83. The Morgan fingerprint density at radius 1 is 1.11 bits per heavy atom. The van der Waals surface area contributed by atoms with E-state index in [1.54, 1.807) is 4.90 Å². The number of hydrogen-bond acceptors (Lipinski definition) is 5. The molecule has 6 nitrogen and oxygen atoms in total. The molecule has 0 bridgehead atoms. The second-order valence-electron chi connectivity index (χ2n) is 6.84. The van der Waals surface area contributed by atoms with Crippen LogP contribution in [-0.2, 0) is 13.1 Å². The average Bonchev–Trinajstić information content (AvgIpc) is 3.18. The molecule has 1 atom stereocenters. The molecular weight excluding hydrogens is 354 g/mol. The second kappa shape index (κ2) is 10.9. The number of amides is 1. The molecular formula is C22H33N3O3. The Kier molecular flexibility index (Phi) is 8.51. The average molecular weight is 388 g/mol. The van der Waals surface area contributed by atoms with Crippen LogP contribution < -0.4 is 4.74 Å². The van der Waals surface area contributed by atoms with Crippen molar-refractivity contribution in [2.45, 2.75) is 60.2 Å². The first-order valence-electron chi connectivity index (χ1n) is 10.2. The smallest absolute Gasteiger partial charge is 0.275 e. The first kappa shape index (κ1) is 22.0. The Balaban J connectivity index is 2.09. The quantitative estimate of drug-likeness (QED) is 0.573. The van der Waals surface area contributed by atoms with Crippen molar-refractivity contribution < 1.29 is 13.9 Å². The van der Waals surface area contributed by atoms with E-state index in [0.29, 0.717) is 43.9 Å². The molecule has 28 heavy (non-hydrogen) atoms. The van der Waals surface area contributed by atoms with E-state index < -0.39 is 0 Å². The minimum absolute atomic E-state index is 0.0818. The van der Waals surface area contributed by atoms with Crippen molar-refractivity contribution in [3.05, 3.63) is 47.7 Å². The highest BCUT2D eigenvalue weighted by Crippen LogP contribution is 2.18. The van der Waals surface area contributed by atoms with E-state index in [-0.39, 0.29) is 5.91 Å². The number of benzene rings is 1. The van der Waals surface area contributed by atoms with Crippen molar-refractivity contribution in [3.8, 4) is 5.75 Å². The van der Waals surface area contributed by atoms with E-state index in [1.165, 1.54) is 11.8 Å². The predicted octanol–water partition coefficient (Wildman–Crippen LogP) is 4.36. The number of hydrogen-bond donors (Lipinski definition) is 0. The molecule has 0 saturated heterocycles. The lowest BCUT2D eigenvalue weighted by molar-refractivity contribution is 0.0767. The molecule has 0 aliphatic heterocycles. The van der Waals surface area contributed by atoms with Crippen LogP contribution in [0.4, 0.5) is 0 Å². The molecule has 1 amide bonds. The first-order valence-corrected chi connectivity index (χ1v) is 10.2. The van der Waals surface area contributed by atoms with Crippen molar-refractivity contribution in [3.63, 3.8) is 0 Å². The van der Waals surface area contributed by atoms with Gasteiger partial charge in [-0.15, -0.1) is 0 Å². The number of carbonyl (C=O) groups is 1. The summed E-state index contributed by atoms with van der Waals surface area (Å²) in [5.74, 6) is 1.37. The topological polar surface area (TPSA) is 58.8 Å². The summed E-state index contributed by atoms with van der Waals surface area (Å²) < 4.78 is 11.1. The van der Waals surface area contributed by atoms with Gasteiger partial charge in [0.1, 0.15) is 12.0 Å². The van der Waals surface area contributed by atoms with Gasteiger partial charge in [-0.25, -0.2) is 4.98 Å². The van der Waals surface area contributed by atoms with Gasteiger partial charge in [0.15, 0.2) is 5.69 Å². The Labute approximate surface area is 168 Å². The van der Waals surface area contributed by atoms with Gasteiger partial charge in [0.05, 0.1) is 13.2 Å². The summed E-state index contributed by atoms with van der Waals surface area (Å²) in [6, 6.07) is 8.54. The molecule has 1 aromatic heterocycles. The molecule has 2 rings (SSSR count). The number of carbonyl (C=O) groups excluding carboxylic acids is 1. The van der Waals surface area contributed by atoms with Gasteiger partial charge in [-0.2, -0.15) is 0 Å². The number of aromatic nitrogens is 1. The lowest BCUT2D eigenvalue weighted by Gasteiger charge is -2.27. The molecule has 0 radical (unpaired) electrons. The number of nitrogens with zero attached hydrogens (tertiary/aromatic N) is 3. The fourth-order valence-corrected chi connectivity index (χ4v) is 3.05. The van der Waals surface area contributed by atoms with Crippen LogP contribution in [0.3, 0.4) is 0 Å². The van der Waals surface area contributed by atoms with Crippen LogP contribution in [-0.4, -0.2) is 46.4 Å². The van der Waals surface area contributed by atoms with Gasteiger partial charge in [-0.3, -0.25) is 9.69 Å². The standard InChI is InChI=1S/C22H33N3O3/c1-6-17(5)25(14-18-10-12-19(13-11-18)27-9-4)15-21-23-20(16-28-21)22(26)24(7-2)8-3/h10-13,16-17H,6-9,14-15H2,1-5H3. The summed E-state index contributed by atoms with van der Waals surface area (Å²) in [7, 11) is 0. The summed E-state index contributed by atoms with van der Waals surface area (Å²) in [6.45, 7) is 13.6. The molecule has 0 fully saturated rings. The monoisotopic (exact) mass is 387 g/mol. The zero-order valence-corrected chi connectivity index (χ0v) is 17.8. The van der Waals surface area contributed by atoms with Gasteiger partial charge in [-0.1, -0.05) is 19.1 Å². The summed E-state index contributed by atoms with van der Waals surface area (Å²) in [6.07, 6.45) is 2.49. The van der Waals surface area contributed by atoms with E-state index in [9.17, 15) is 4.79 Å². The van der Waals surface area contributed by atoms with Crippen LogP contribution >= 0.6 is 0 Å². The Bertz CT molecular complexity index is 723. The fraction of sp³-hybridized carbons (Fsp3) is 0.545. The first-order chi connectivity index (χ1) is 13.5. The SMILES string of the molecule is CCOc1ccc(CN(Cc2nc(C(=O)N(CC)CC)co2)C(C)CC)cc1. The van der Waals surface area contributed by atoms with Gasteiger partial charge in [-0.05, 0) is 51.8 Å². The number of ether oxygens (including phenoxy) is 1. The molecule has 1 unspecified atom stereocenters.